The van der Waals surface area contributed by atoms with E-state index in [4.69, 9.17) is 5.10 Å². The van der Waals surface area contributed by atoms with E-state index in [1.54, 1.807) is 30.6 Å². The van der Waals surface area contributed by atoms with Crippen LogP contribution in [0.1, 0.15) is 28.5 Å². The number of amides is 1. The van der Waals surface area contributed by atoms with Crippen LogP contribution in [0, 0.1) is 0 Å². The third-order valence-electron chi connectivity index (χ3n) is 4.67. The number of benzene rings is 2. The molecule has 0 saturated heterocycles. The Kier molecular flexibility index (Phi) is 5.75. The summed E-state index contributed by atoms with van der Waals surface area (Å²) in [6.45, 7) is 2.13. The number of carbonyl (C=O) groups excluding carboxylic acids is 1. The zero-order valence-electron chi connectivity index (χ0n) is 16.6. The molecule has 0 atom stereocenters. The van der Waals surface area contributed by atoms with Crippen LogP contribution in [0.3, 0.4) is 0 Å². The number of hydrogen-bond donors (Lipinski definition) is 1. The molecule has 0 saturated carbocycles. The summed E-state index contributed by atoms with van der Waals surface area (Å²) in [5.41, 5.74) is 7.61. The van der Waals surface area contributed by atoms with Gasteiger partial charge in [0.1, 0.15) is 11.4 Å². The molecule has 0 aliphatic rings. The first-order chi connectivity index (χ1) is 14.7. The van der Waals surface area contributed by atoms with Gasteiger partial charge in [0.05, 0.1) is 11.9 Å². The monoisotopic (exact) mass is 395 g/mol. The minimum atomic E-state index is -0.365. The van der Waals surface area contributed by atoms with Crippen LogP contribution in [-0.4, -0.2) is 26.9 Å². The van der Waals surface area contributed by atoms with Gasteiger partial charge < -0.3 is 0 Å². The smallest absolute Gasteiger partial charge is 0.266 e. The maximum atomic E-state index is 12.2. The minimum absolute atomic E-state index is 0.310. The molecule has 2 aromatic heterocycles. The average Bonchev–Trinajstić information content (AvgIpc) is 3.24. The Labute approximate surface area is 174 Å². The molecule has 2 aromatic carbocycles. The number of rotatable bonds is 6. The molecule has 0 aliphatic carbocycles. The number of nitrogens with zero attached hydrogens (tertiary/aromatic N) is 4. The molecule has 4 rings (SSSR count). The summed E-state index contributed by atoms with van der Waals surface area (Å²) in [5, 5.41) is 8.89. The molecular formula is C24H21N5O. The normalized spacial score (nSPS) is 11.0. The largest absolute Gasteiger partial charge is 0.289 e. The molecule has 30 heavy (non-hydrogen) atoms. The van der Waals surface area contributed by atoms with Crippen LogP contribution < -0.4 is 5.43 Å². The fourth-order valence-corrected chi connectivity index (χ4v) is 3.03. The van der Waals surface area contributed by atoms with Gasteiger partial charge in [-0.15, -0.1) is 0 Å². The van der Waals surface area contributed by atoms with Gasteiger partial charge in [-0.2, -0.15) is 10.2 Å². The topological polar surface area (TPSA) is 72.2 Å². The molecule has 1 N–H and O–H groups in total. The fraction of sp³-hybridized carbons (Fsp3) is 0.0833. The van der Waals surface area contributed by atoms with E-state index in [1.165, 1.54) is 5.56 Å². The van der Waals surface area contributed by atoms with Crippen molar-refractivity contribution >= 4 is 12.1 Å². The number of nitrogens with one attached hydrogen (secondary N) is 1. The van der Waals surface area contributed by atoms with Crippen molar-refractivity contribution in [1.29, 1.82) is 0 Å². The molecule has 148 valence electrons. The summed E-state index contributed by atoms with van der Waals surface area (Å²) >= 11 is 0. The summed E-state index contributed by atoms with van der Waals surface area (Å²) in [6, 6.07) is 23.3. The maximum Gasteiger partial charge on any atom is 0.289 e. The zero-order chi connectivity index (χ0) is 20.8. The molecule has 0 bridgehead atoms. The SMILES string of the molecule is CCc1ccc(-c2nn(-c3ccccc3)cc2/C=N\NC(=O)c2ccccn2)cc1. The number of aryl methyl sites for hydroxylation is 1. The Balaban J connectivity index is 1.64. The quantitative estimate of drug-likeness (QED) is 0.392. The predicted molar refractivity (Wildman–Crippen MR) is 118 cm³/mol. The van der Waals surface area contributed by atoms with Gasteiger partial charge in [0.15, 0.2) is 0 Å². The van der Waals surface area contributed by atoms with Crippen molar-refractivity contribution < 1.29 is 4.79 Å². The third-order valence-corrected chi connectivity index (χ3v) is 4.67. The molecule has 0 fully saturated rings. The second-order valence-corrected chi connectivity index (χ2v) is 6.68. The molecule has 6 nitrogen and oxygen atoms in total. The first kappa shape index (κ1) is 19.3. The van der Waals surface area contributed by atoms with Crippen LogP contribution in [0.25, 0.3) is 16.9 Å². The van der Waals surface area contributed by atoms with Crippen LogP contribution in [-0.2, 0) is 6.42 Å². The molecule has 0 unspecified atom stereocenters. The van der Waals surface area contributed by atoms with Gasteiger partial charge in [-0.25, -0.2) is 10.1 Å². The highest BCUT2D eigenvalue weighted by molar-refractivity contribution is 5.94. The summed E-state index contributed by atoms with van der Waals surface area (Å²) in [7, 11) is 0. The number of hydrogen-bond acceptors (Lipinski definition) is 4. The highest BCUT2D eigenvalue weighted by atomic mass is 16.2. The van der Waals surface area contributed by atoms with Crippen molar-refractivity contribution in [2.75, 3.05) is 0 Å². The van der Waals surface area contributed by atoms with E-state index in [9.17, 15) is 4.79 Å². The van der Waals surface area contributed by atoms with Crippen molar-refractivity contribution in [2.45, 2.75) is 13.3 Å². The van der Waals surface area contributed by atoms with Crippen molar-refractivity contribution in [3.05, 3.63) is 102 Å². The molecule has 0 radical (unpaired) electrons. The maximum absolute atomic E-state index is 12.2. The fourth-order valence-electron chi connectivity index (χ4n) is 3.03. The lowest BCUT2D eigenvalue weighted by Gasteiger charge is -2.02. The Hall–Kier alpha value is -4.06. The number of carbonyl (C=O) groups is 1. The minimum Gasteiger partial charge on any atom is -0.266 e. The van der Waals surface area contributed by atoms with Gasteiger partial charge in [-0.3, -0.25) is 9.78 Å². The van der Waals surface area contributed by atoms with Crippen LogP contribution >= 0.6 is 0 Å². The van der Waals surface area contributed by atoms with E-state index in [2.05, 4.69) is 46.7 Å². The first-order valence-electron chi connectivity index (χ1n) is 9.73. The second kappa shape index (κ2) is 8.96. The zero-order valence-corrected chi connectivity index (χ0v) is 16.6. The summed E-state index contributed by atoms with van der Waals surface area (Å²) in [5.74, 6) is -0.365. The van der Waals surface area contributed by atoms with Gasteiger partial charge in [-0.05, 0) is 36.2 Å². The van der Waals surface area contributed by atoms with E-state index in [0.29, 0.717) is 5.69 Å². The highest BCUT2D eigenvalue weighted by Crippen LogP contribution is 2.23. The van der Waals surface area contributed by atoms with Crippen LogP contribution in [0.4, 0.5) is 0 Å². The average molecular weight is 395 g/mol. The van der Waals surface area contributed by atoms with Crippen molar-refractivity contribution in [1.82, 2.24) is 20.2 Å². The van der Waals surface area contributed by atoms with Crippen molar-refractivity contribution in [3.63, 3.8) is 0 Å². The van der Waals surface area contributed by atoms with Gasteiger partial charge in [0.25, 0.3) is 5.91 Å². The molecular weight excluding hydrogens is 374 g/mol. The van der Waals surface area contributed by atoms with Crippen molar-refractivity contribution in [3.8, 4) is 16.9 Å². The van der Waals surface area contributed by atoms with Gasteiger partial charge in [0.2, 0.25) is 0 Å². The lowest BCUT2D eigenvalue weighted by atomic mass is 10.1. The van der Waals surface area contributed by atoms with Crippen LogP contribution in [0.15, 0.2) is 90.3 Å². The molecule has 2 heterocycles. The molecule has 0 aliphatic heterocycles. The Morgan fingerprint density at radius 1 is 1.03 bits per heavy atom. The lowest BCUT2D eigenvalue weighted by molar-refractivity contribution is 0.0950. The van der Waals surface area contributed by atoms with Crippen molar-refractivity contribution in [2.24, 2.45) is 5.10 Å². The van der Waals surface area contributed by atoms with Gasteiger partial charge in [0, 0.05) is 23.5 Å². The second-order valence-electron chi connectivity index (χ2n) is 6.68. The summed E-state index contributed by atoms with van der Waals surface area (Å²) < 4.78 is 1.81. The number of aromatic nitrogens is 3. The van der Waals surface area contributed by atoms with E-state index in [-0.39, 0.29) is 5.91 Å². The summed E-state index contributed by atoms with van der Waals surface area (Å²) in [4.78, 5) is 16.2. The third kappa shape index (κ3) is 4.33. The predicted octanol–water partition coefficient (Wildman–Crippen LogP) is 4.26. The first-order valence-corrected chi connectivity index (χ1v) is 9.73. The number of hydrazone groups is 1. The van der Waals surface area contributed by atoms with Gasteiger partial charge in [-0.1, -0.05) is 55.5 Å². The van der Waals surface area contributed by atoms with E-state index in [0.717, 1.165) is 28.9 Å². The molecule has 6 heteroatoms. The standard InChI is InChI=1S/C24H21N5O/c1-2-18-11-13-19(14-12-18)23-20(17-29(28-23)21-8-4-3-5-9-21)16-26-27-24(30)22-10-6-7-15-25-22/h3-17H,2H2,1H3,(H,27,30)/b26-16-. The van der Waals surface area contributed by atoms with E-state index >= 15 is 0 Å². The molecule has 4 aromatic rings. The van der Waals surface area contributed by atoms with E-state index in [1.807, 2.05) is 41.2 Å². The van der Waals surface area contributed by atoms with Crippen LogP contribution in [0.2, 0.25) is 0 Å². The highest BCUT2D eigenvalue weighted by Gasteiger charge is 2.12. The number of pyridine rings is 1. The van der Waals surface area contributed by atoms with Gasteiger partial charge >= 0.3 is 0 Å². The Morgan fingerprint density at radius 2 is 1.80 bits per heavy atom. The summed E-state index contributed by atoms with van der Waals surface area (Å²) in [6.07, 6.45) is 6.05. The Bertz CT molecular complexity index is 1150. The lowest BCUT2D eigenvalue weighted by Crippen LogP contribution is -2.18. The number of para-hydroxylation sites is 1. The Morgan fingerprint density at radius 3 is 2.50 bits per heavy atom. The van der Waals surface area contributed by atoms with E-state index < -0.39 is 0 Å². The van der Waals surface area contributed by atoms with Crippen LogP contribution in [0.5, 0.6) is 0 Å². The molecule has 0 spiro atoms. The molecule has 1 amide bonds.